The molecule has 0 spiro atoms. The van der Waals surface area contributed by atoms with Gasteiger partial charge in [0.05, 0.1) is 35.8 Å². The minimum Gasteiger partial charge on any atom is -0.462 e. The van der Waals surface area contributed by atoms with Gasteiger partial charge in [-0.05, 0) is 78.5 Å². The molecule has 4 aromatic carbocycles. The highest BCUT2D eigenvalue weighted by atomic mass is 19.4. The highest BCUT2D eigenvalue weighted by Gasteiger charge is 2.57. The molecule has 0 N–H and O–H groups in total. The lowest BCUT2D eigenvalue weighted by Gasteiger charge is -2.51. The van der Waals surface area contributed by atoms with Crippen LogP contribution < -0.4 is 0 Å². The van der Waals surface area contributed by atoms with Crippen LogP contribution in [0.25, 0.3) is 0 Å². The Kier molecular flexibility index (Phi) is 14.0. The van der Waals surface area contributed by atoms with Gasteiger partial charge in [0, 0.05) is 17.3 Å². The molecule has 9 nitrogen and oxygen atoms in total. The predicted molar refractivity (Wildman–Crippen MR) is 217 cm³/mol. The monoisotopic (exact) mass is 868 g/mol. The molecule has 15 heteroatoms. The maximum Gasteiger partial charge on any atom is 0.416 e. The Hall–Kier alpha value is -5.44. The first-order valence-electron chi connectivity index (χ1n) is 20.7. The number of carbonyl (C=O) groups excluding carboxylic acids is 2. The van der Waals surface area contributed by atoms with E-state index in [1.807, 2.05) is 30.3 Å². The molecule has 0 bridgehead atoms. The van der Waals surface area contributed by atoms with Gasteiger partial charge in [-0.1, -0.05) is 111 Å². The van der Waals surface area contributed by atoms with Crippen molar-refractivity contribution in [1.82, 2.24) is 4.90 Å². The summed E-state index contributed by atoms with van der Waals surface area (Å²) in [5.41, 5.74) is -3.54. The lowest BCUT2D eigenvalue weighted by Crippen LogP contribution is -2.65. The molecule has 2 aliphatic rings. The Morgan fingerprint density at radius 1 is 0.806 bits per heavy atom. The number of carbonyl (C=O) groups is 2. The number of esters is 1. The number of benzene rings is 4. The molecule has 6 atom stereocenters. The summed E-state index contributed by atoms with van der Waals surface area (Å²) in [6.45, 7) is 4.64. The van der Waals surface area contributed by atoms with Gasteiger partial charge in [-0.25, -0.2) is 4.79 Å². The maximum atomic E-state index is 14.7. The predicted octanol–water partition coefficient (Wildman–Crippen LogP) is 11.6. The Balaban J connectivity index is 1.39. The van der Waals surface area contributed by atoms with Crippen LogP contribution >= 0.6 is 0 Å². The van der Waals surface area contributed by atoms with Crippen LogP contribution in [-0.4, -0.2) is 46.7 Å². The summed E-state index contributed by atoms with van der Waals surface area (Å²) in [4.78, 5) is 42.5. The fourth-order valence-corrected chi connectivity index (χ4v) is 9.12. The van der Waals surface area contributed by atoms with Gasteiger partial charge in [-0.15, -0.1) is 0 Å². The van der Waals surface area contributed by atoms with Gasteiger partial charge in [0.1, 0.15) is 18.8 Å². The fraction of sp³-hybridized carbons (Fsp3) is 0.447. The molecule has 0 aromatic heterocycles. The number of amides is 1. The number of nitro groups is 1. The lowest BCUT2D eigenvalue weighted by atomic mass is 9.66. The maximum absolute atomic E-state index is 14.7. The minimum absolute atomic E-state index is 0.0207. The van der Waals surface area contributed by atoms with Crippen molar-refractivity contribution in [2.45, 2.75) is 120 Å². The Bertz CT molecular complexity index is 2120. The molecule has 332 valence electrons. The fourth-order valence-electron chi connectivity index (χ4n) is 9.12. The number of rotatable bonds is 13. The molecule has 1 amide bonds. The average Bonchev–Trinajstić information content (AvgIpc) is 3.25. The van der Waals surface area contributed by atoms with Gasteiger partial charge in [-0.3, -0.25) is 19.8 Å². The number of likely N-dealkylation sites (tertiary alicyclic amines) is 1. The van der Waals surface area contributed by atoms with E-state index >= 15 is 0 Å². The normalized spacial score (nSPS) is 22.7. The van der Waals surface area contributed by atoms with E-state index in [2.05, 4.69) is 13.8 Å². The molecule has 1 unspecified atom stereocenters. The van der Waals surface area contributed by atoms with Crippen molar-refractivity contribution in [2.24, 2.45) is 5.92 Å². The minimum atomic E-state index is -5.11. The smallest absolute Gasteiger partial charge is 0.416 e. The number of hydrogen-bond acceptors (Lipinski definition) is 7. The molecule has 4 aromatic rings. The van der Waals surface area contributed by atoms with Gasteiger partial charge >= 0.3 is 24.4 Å². The highest BCUT2D eigenvalue weighted by molar-refractivity contribution is 5.74. The van der Waals surface area contributed by atoms with E-state index in [-0.39, 0.29) is 31.4 Å². The van der Waals surface area contributed by atoms with Crippen molar-refractivity contribution in [3.8, 4) is 0 Å². The first-order valence-corrected chi connectivity index (χ1v) is 20.7. The molecule has 62 heavy (non-hydrogen) atoms. The molecule has 1 aliphatic carbocycles. The van der Waals surface area contributed by atoms with Gasteiger partial charge in [0.15, 0.2) is 0 Å². The van der Waals surface area contributed by atoms with Crippen LogP contribution in [0.15, 0.2) is 109 Å². The molecular weight excluding hydrogens is 819 g/mol. The number of halogens is 6. The Labute approximate surface area is 356 Å². The molecular formula is C47H50F6N2O7. The molecule has 0 radical (unpaired) electrons. The van der Waals surface area contributed by atoms with Crippen LogP contribution in [0.5, 0.6) is 0 Å². The van der Waals surface area contributed by atoms with Crippen LogP contribution in [0, 0.1) is 16.0 Å². The van der Waals surface area contributed by atoms with E-state index in [1.165, 1.54) is 6.92 Å². The molecule has 6 rings (SSSR count). The molecule has 1 saturated heterocycles. The van der Waals surface area contributed by atoms with Gasteiger partial charge in [0.2, 0.25) is 6.04 Å². The number of hydrogen-bond donors (Lipinski definition) is 0. The third-order valence-electron chi connectivity index (χ3n) is 12.5. The largest absolute Gasteiger partial charge is 0.462 e. The topological polar surface area (TPSA) is 108 Å². The molecule has 1 saturated carbocycles. The molecule has 1 heterocycles. The van der Waals surface area contributed by atoms with Crippen LogP contribution in [0.2, 0.25) is 0 Å². The van der Waals surface area contributed by atoms with Crippen molar-refractivity contribution >= 4 is 12.1 Å². The average molecular weight is 869 g/mol. The molecule has 2 fully saturated rings. The van der Waals surface area contributed by atoms with Crippen molar-refractivity contribution in [1.29, 1.82) is 0 Å². The van der Waals surface area contributed by atoms with Crippen LogP contribution in [0.3, 0.4) is 0 Å². The molecule has 1 aliphatic heterocycles. The van der Waals surface area contributed by atoms with Crippen molar-refractivity contribution in [2.75, 3.05) is 6.61 Å². The van der Waals surface area contributed by atoms with E-state index < -0.39 is 94.3 Å². The first kappa shape index (κ1) is 46.1. The van der Waals surface area contributed by atoms with Gasteiger partial charge < -0.3 is 14.2 Å². The Morgan fingerprint density at radius 3 is 1.95 bits per heavy atom. The summed E-state index contributed by atoms with van der Waals surface area (Å²) in [6, 6.07) is 24.9. The van der Waals surface area contributed by atoms with Gasteiger partial charge in [-0.2, -0.15) is 26.3 Å². The number of piperidine rings is 1. The number of alkyl halides is 6. The van der Waals surface area contributed by atoms with E-state index in [9.17, 15) is 46.0 Å². The van der Waals surface area contributed by atoms with Crippen molar-refractivity contribution in [3.05, 3.63) is 153 Å². The standard InChI is InChI=1S/C47H50F6N2O7/c1-31(33-25-36(46(48,49)50)27-37(26-33)47(51,52)53)61-30-45(35-19-11-6-12-20-35)24-23-39(55(58)59)40(54(45)43(57)60-29-32-15-7-4-8-16-32)28-42(56)62-41-22-14-13-21-38(41)44(2,3)34-17-9-5-10-18-34/h4-12,15-20,25-27,31,38-41H,13-14,21-24,28-30H2,1-3H3/t31-,38+,39+,40-,41?,45-/m1/s1. The quantitative estimate of drug-likeness (QED) is 0.0570. The lowest BCUT2D eigenvalue weighted by molar-refractivity contribution is -0.536. The zero-order chi connectivity index (χ0) is 44.9. The van der Waals surface area contributed by atoms with E-state index in [1.54, 1.807) is 60.7 Å². The van der Waals surface area contributed by atoms with E-state index in [0.717, 1.165) is 29.7 Å². The number of nitrogens with zero attached hydrogens (tertiary/aromatic N) is 2. The summed E-state index contributed by atoms with van der Waals surface area (Å²) in [5, 5.41) is 12.9. The summed E-state index contributed by atoms with van der Waals surface area (Å²) >= 11 is 0. The van der Waals surface area contributed by atoms with Gasteiger partial charge in [0.25, 0.3) is 0 Å². The first-order chi connectivity index (χ1) is 29.3. The highest BCUT2D eigenvalue weighted by Crippen LogP contribution is 2.46. The third-order valence-corrected chi connectivity index (χ3v) is 12.5. The Morgan fingerprint density at radius 2 is 1.37 bits per heavy atom. The van der Waals surface area contributed by atoms with E-state index in [0.29, 0.717) is 29.7 Å². The van der Waals surface area contributed by atoms with Crippen LogP contribution in [-0.2, 0) is 48.9 Å². The van der Waals surface area contributed by atoms with E-state index in [4.69, 9.17) is 14.2 Å². The summed E-state index contributed by atoms with van der Waals surface area (Å²) in [5.74, 6) is -0.871. The second-order valence-electron chi connectivity index (χ2n) is 16.8. The van der Waals surface area contributed by atoms with Crippen LogP contribution in [0.4, 0.5) is 31.1 Å². The summed E-state index contributed by atoms with van der Waals surface area (Å²) in [6.07, 6.45) is -11.1. The zero-order valence-electron chi connectivity index (χ0n) is 34.7. The second-order valence-corrected chi connectivity index (χ2v) is 16.8. The zero-order valence-corrected chi connectivity index (χ0v) is 34.7. The van der Waals surface area contributed by atoms with Crippen LogP contribution in [0.1, 0.15) is 105 Å². The number of ether oxygens (including phenoxy) is 3. The summed E-state index contributed by atoms with van der Waals surface area (Å²) in [7, 11) is 0. The van der Waals surface area contributed by atoms with Crippen molar-refractivity contribution < 1.29 is 55.1 Å². The third kappa shape index (κ3) is 10.4. The SMILES string of the molecule is C[C@@H](OC[C@@]1(c2ccccc2)CC[C@H]([N+](=O)[O-])[C@@H](CC(=O)OC2CCCC[C@@H]2C(C)(C)c2ccccc2)N1C(=O)OCc1ccccc1)c1cc(C(F)(F)F)cc(C(F)(F)F)c1. The second kappa shape index (κ2) is 18.9. The summed E-state index contributed by atoms with van der Waals surface area (Å²) < 4.78 is 102. The van der Waals surface area contributed by atoms with Crippen molar-refractivity contribution in [3.63, 3.8) is 0 Å².